The molecule has 1 N–H and O–H groups in total. The maximum Gasteiger partial charge on any atom is 0.0797 e. The quantitative estimate of drug-likeness (QED) is 0.535. The molecule has 1 saturated heterocycles. The Morgan fingerprint density at radius 2 is 2.62 bits per heavy atom. The summed E-state index contributed by atoms with van der Waals surface area (Å²) in [4.78, 5) is 0. The number of methoxy groups -OCH3 is 1. The lowest BCUT2D eigenvalue weighted by atomic mass is 10.3. The molecule has 8 heavy (non-hydrogen) atoms. The van der Waals surface area contributed by atoms with Crippen molar-refractivity contribution in [3.63, 3.8) is 0 Å². The van der Waals surface area contributed by atoms with Crippen molar-refractivity contribution < 1.29 is 4.74 Å². The van der Waals surface area contributed by atoms with E-state index in [-0.39, 0.29) is 0 Å². The van der Waals surface area contributed by atoms with Crippen LogP contribution in [-0.2, 0) is 4.74 Å². The van der Waals surface area contributed by atoms with Crippen molar-refractivity contribution in [2.75, 3.05) is 13.7 Å². The van der Waals surface area contributed by atoms with Gasteiger partial charge in [0.15, 0.2) is 0 Å². The minimum Gasteiger partial charge on any atom is -0.386 e. The van der Waals surface area contributed by atoms with Crippen LogP contribution in [0.2, 0.25) is 0 Å². The number of rotatable bonds is 1. The summed E-state index contributed by atoms with van der Waals surface area (Å²) in [7, 11) is 1.73. The van der Waals surface area contributed by atoms with Crippen LogP contribution in [0.25, 0.3) is 0 Å². The molecule has 2 heteroatoms. The Morgan fingerprint density at radius 1 is 1.88 bits per heavy atom. The summed E-state index contributed by atoms with van der Waals surface area (Å²) in [6.07, 6.45) is 1.33. The fourth-order valence-corrected chi connectivity index (χ4v) is 0.844. The SMILES string of the molecule is C=C1CC(OC)CN1. The summed E-state index contributed by atoms with van der Waals surface area (Å²) in [5.74, 6) is 0. The highest BCUT2D eigenvalue weighted by Crippen LogP contribution is 2.09. The predicted molar refractivity (Wildman–Crippen MR) is 32.6 cm³/mol. The minimum absolute atomic E-state index is 0.363. The Balaban J connectivity index is 2.32. The zero-order chi connectivity index (χ0) is 5.98. The lowest BCUT2D eigenvalue weighted by molar-refractivity contribution is 0.121. The van der Waals surface area contributed by atoms with Gasteiger partial charge in [0, 0.05) is 25.8 Å². The lowest BCUT2D eigenvalue weighted by Gasteiger charge is -2.00. The molecule has 2 nitrogen and oxygen atoms in total. The van der Waals surface area contributed by atoms with Crippen molar-refractivity contribution in [2.45, 2.75) is 12.5 Å². The van der Waals surface area contributed by atoms with Gasteiger partial charge in [0.25, 0.3) is 0 Å². The van der Waals surface area contributed by atoms with Crippen LogP contribution < -0.4 is 5.32 Å². The first kappa shape index (κ1) is 5.63. The van der Waals surface area contributed by atoms with Gasteiger partial charge in [-0.25, -0.2) is 0 Å². The molecule has 0 amide bonds. The minimum atomic E-state index is 0.363. The molecular formula is C6H11NO. The third-order valence-electron chi connectivity index (χ3n) is 1.39. The lowest BCUT2D eigenvalue weighted by Crippen LogP contribution is -2.13. The van der Waals surface area contributed by atoms with Crippen LogP contribution in [0.3, 0.4) is 0 Å². The van der Waals surface area contributed by atoms with Crippen molar-refractivity contribution in [1.29, 1.82) is 0 Å². The van der Waals surface area contributed by atoms with E-state index >= 15 is 0 Å². The van der Waals surface area contributed by atoms with E-state index in [1.807, 2.05) is 0 Å². The van der Waals surface area contributed by atoms with Gasteiger partial charge < -0.3 is 10.1 Å². The Morgan fingerprint density at radius 3 is 2.88 bits per heavy atom. The summed E-state index contributed by atoms with van der Waals surface area (Å²) in [5, 5.41) is 3.10. The summed E-state index contributed by atoms with van der Waals surface area (Å²) in [5.41, 5.74) is 1.09. The molecule has 1 unspecified atom stereocenters. The van der Waals surface area contributed by atoms with Crippen LogP contribution in [0, 0.1) is 0 Å². The second kappa shape index (κ2) is 2.18. The predicted octanol–water partition coefficient (Wildman–Crippen LogP) is 0.508. The van der Waals surface area contributed by atoms with Gasteiger partial charge in [-0.3, -0.25) is 0 Å². The van der Waals surface area contributed by atoms with Gasteiger partial charge in [-0.15, -0.1) is 0 Å². The highest BCUT2D eigenvalue weighted by atomic mass is 16.5. The van der Waals surface area contributed by atoms with Crippen LogP contribution in [0.15, 0.2) is 12.3 Å². The third-order valence-corrected chi connectivity index (χ3v) is 1.39. The molecule has 1 fully saturated rings. The number of nitrogens with one attached hydrogen (secondary N) is 1. The molecule has 46 valence electrons. The maximum atomic E-state index is 5.06. The molecule has 1 atom stereocenters. The monoisotopic (exact) mass is 113 g/mol. The average molecular weight is 113 g/mol. The highest BCUT2D eigenvalue weighted by molar-refractivity contribution is 5.00. The van der Waals surface area contributed by atoms with Gasteiger partial charge in [-0.2, -0.15) is 0 Å². The Labute approximate surface area is 49.5 Å². The number of hydrogen-bond donors (Lipinski definition) is 1. The van der Waals surface area contributed by atoms with E-state index in [2.05, 4.69) is 11.9 Å². The molecule has 1 heterocycles. The average Bonchev–Trinajstić information content (AvgIpc) is 2.14. The molecule has 0 aromatic heterocycles. The van der Waals surface area contributed by atoms with E-state index < -0.39 is 0 Å². The van der Waals surface area contributed by atoms with Crippen molar-refractivity contribution in [3.8, 4) is 0 Å². The van der Waals surface area contributed by atoms with Crippen molar-refractivity contribution in [3.05, 3.63) is 12.3 Å². The van der Waals surface area contributed by atoms with Gasteiger partial charge >= 0.3 is 0 Å². The topological polar surface area (TPSA) is 21.3 Å². The number of hydrogen-bond acceptors (Lipinski definition) is 2. The van der Waals surface area contributed by atoms with Gasteiger partial charge in [-0.1, -0.05) is 6.58 Å². The van der Waals surface area contributed by atoms with E-state index in [4.69, 9.17) is 4.74 Å². The Bertz CT molecular complexity index is 101. The van der Waals surface area contributed by atoms with Gasteiger partial charge in [0.2, 0.25) is 0 Å². The van der Waals surface area contributed by atoms with Crippen LogP contribution in [0.1, 0.15) is 6.42 Å². The maximum absolute atomic E-state index is 5.06. The summed E-state index contributed by atoms with van der Waals surface area (Å²) >= 11 is 0. The van der Waals surface area contributed by atoms with Gasteiger partial charge in [-0.05, 0) is 0 Å². The molecule has 0 saturated carbocycles. The molecule has 0 aliphatic carbocycles. The van der Waals surface area contributed by atoms with E-state index in [9.17, 15) is 0 Å². The molecule has 1 rings (SSSR count). The first-order valence-electron chi connectivity index (χ1n) is 2.77. The number of ether oxygens (including phenoxy) is 1. The molecule has 0 spiro atoms. The molecule has 0 aromatic carbocycles. The van der Waals surface area contributed by atoms with Crippen LogP contribution in [0.5, 0.6) is 0 Å². The summed E-state index contributed by atoms with van der Waals surface area (Å²) < 4.78 is 5.06. The van der Waals surface area contributed by atoms with Crippen LogP contribution >= 0.6 is 0 Å². The largest absolute Gasteiger partial charge is 0.386 e. The van der Waals surface area contributed by atoms with E-state index in [0.717, 1.165) is 18.7 Å². The first-order valence-corrected chi connectivity index (χ1v) is 2.77. The standard InChI is InChI=1S/C6H11NO/c1-5-3-6(8-2)4-7-5/h6-7H,1,3-4H2,2H3. The molecular weight excluding hydrogens is 102 g/mol. The zero-order valence-electron chi connectivity index (χ0n) is 5.11. The van der Waals surface area contributed by atoms with E-state index in [1.54, 1.807) is 7.11 Å². The van der Waals surface area contributed by atoms with Gasteiger partial charge in [0.1, 0.15) is 0 Å². The zero-order valence-corrected chi connectivity index (χ0v) is 5.11. The molecule has 1 aliphatic heterocycles. The fourth-order valence-electron chi connectivity index (χ4n) is 0.844. The molecule has 0 aromatic rings. The van der Waals surface area contributed by atoms with Crippen LogP contribution in [-0.4, -0.2) is 19.8 Å². The normalized spacial score (nSPS) is 28.1. The van der Waals surface area contributed by atoms with Crippen LogP contribution in [0.4, 0.5) is 0 Å². The smallest absolute Gasteiger partial charge is 0.0797 e. The van der Waals surface area contributed by atoms with Gasteiger partial charge in [0.05, 0.1) is 6.10 Å². The van der Waals surface area contributed by atoms with Crippen molar-refractivity contribution in [2.24, 2.45) is 0 Å². The summed E-state index contributed by atoms with van der Waals surface area (Å²) in [6, 6.07) is 0. The second-order valence-corrected chi connectivity index (χ2v) is 2.05. The Kier molecular flexibility index (Phi) is 1.53. The first-order chi connectivity index (χ1) is 3.83. The van der Waals surface area contributed by atoms with E-state index in [0.29, 0.717) is 6.10 Å². The molecule has 1 aliphatic rings. The van der Waals surface area contributed by atoms with Crippen molar-refractivity contribution >= 4 is 0 Å². The third kappa shape index (κ3) is 1.01. The fraction of sp³-hybridized carbons (Fsp3) is 0.667. The second-order valence-electron chi connectivity index (χ2n) is 2.05. The van der Waals surface area contributed by atoms with Crippen molar-refractivity contribution in [1.82, 2.24) is 5.32 Å². The highest BCUT2D eigenvalue weighted by Gasteiger charge is 2.15. The molecule has 0 radical (unpaired) electrons. The van der Waals surface area contributed by atoms with E-state index in [1.165, 1.54) is 0 Å². The molecule has 0 bridgehead atoms. The Hall–Kier alpha value is -0.500. The summed E-state index contributed by atoms with van der Waals surface area (Å²) in [6.45, 7) is 4.69.